The number of aliphatic carboxylic acids is 1. The quantitative estimate of drug-likeness (QED) is 0.428. The zero-order chi connectivity index (χ0) is 30.5. The second kappa shape index (κ2) is 12.9. The van der Waals surface area contributed by atoms with Gasteiger partial charge in [-0.2, -0.15) is 4.31 Å². The third-order valence-corrected chi connectivity index (χ3v) is 8.57. The molecule has 0 saturated carbocycles. The minimum atomic E-state index is -5.08. The van der Waals surface area contributed by atoms with Gasteiger partial charge in [-0.05, 0) is 47.2 Å². The first kappa shape index (κ1) is 31.9. The second-order valence-electron chi connectivity index (χ2n) is 9.92. The number of halogens is 3. The van der Waals surface area contributed by atoms with Crippen LogP contribution in [0.4, 0.5) is 13.2 Å². The Hall–Kier alpha value is -3.65. The van der Waals surface area contributed by atoms with Crippen molar-refractivity contribution < 1.29 is 45.8 Å². The molecule has 1 heterocycles. The molecular formula is C27H32F3N3O7S. The molecule has 1 atom stereocenters. The fourth-order valence-corrected chi connectivity index (χ4v) is 6.02. The number of carboxylic acid groups (broad SMARTS) is 1. The molecule has 10 nitrogen and oxygen atoms in total. The maximum atomic E-state index is 13.7. The number of ether oxygens (including phenoxy) is 1. The van der Waals surface area contributed by atoms with Crippen molar-refractivity contribution in [2.45, 2.75) is 63.4 Å². The van der Waals surface area contributed by atoms with Crippen molar-refractivity contribution in [1.82, 2.24) is 14.5 Å². The number of nitrogens with zero attached hydrogens (tertiary/aromatic N) is 2. The van der Waals surface area contributed by atoms with Crippen LogP contribution in [-0.4, -0.2) is 72.6 Å². The summed E-state index contributed by atoms with van der Waals surface area (Å²) in [5, 5.41) is 11.7. The number of rotatable bonds is 10. The Morgan fingerprint density at radius 2 is 1.76 bits per heavy atom. The number of aryl methyl sites for hydroxylation is 1. The van der Waals surface area contributed by atoms with E-state index in [1.807, 2.05) is 38.1 Å². The van der Waals surface area contributed by atoms with E-state index in [0.717, 1.165) is 33.6 Å². The number of carbonyl (C=O) groups excluding carboxylic acids is 2. The zero-order valence-electron chi connectivity index (χ0n) is 22.8. The molecule has 1 unspecified atom stereocenters. The number of sulfonamides is 1. The van der Waals surface area contributed by atoms with Gasteiger partial charge in [-0.1, -0.05) is 38.1 Å². The number of piperazine rings is 1. The van der Waals surface area contributed by atoms with E-state index in [1.165, 1.54) is 11.8 Å². The lowest BCUT2D eigenvalue weighted by molar-refractivity contribution is -0.274. The number of carboxylic acids is 1. The number of carbonyl (C=O) groups is 3. The fourth-order valence-electron chi connectivity index (χ4n) is 4.39. The van der Waals surface area contributed by atoms with Crippen LogP contribution in [0.3, 0.4) is 0 Å². The summed E-state index contributed by atoms with van der Waals surface area (Å²) in [6.45, 7) is 5.01. The van der Waals surface area contributed by atoms with Crippen molar-refractivity contribution >= 4 is 27.8 Å². The molecule has 2 aromatic rings. The summed E-state index contributed by atoms with van der Waals surface area (Å²) in [5.41, 5.74) is 1.61. The molecular weight excluding hydrogens is 567 g/mol. The number of nitrogens with one attached hydrogen (secondary N) is 1. The highest BCUT2D eigenvalue weighted by atomic mass is 32.2. The Kier molecular flexibility index (Phi) is 10.0. The van der Waals surface area contributed by atoms with Gasteiger partial charge in [-0.15, -0.1) is 13.2 Å². The lowest BCUT2D eigenvalue weighted by Gasteiger charge is -2.39. The van der Waals surface area contributed by atoms with Crippen LogP contribution in [0.25, 0.3) is 0 Å². The van der Waals surface area contributed by atoms with Crippen molar-refractivity contribution in [3.05, 3.63) is 59.2 Å². The van der Waals surface area contributed by atoms with E-state index in [9.17, 15) is 36.0 Å². The third-order valence-electron chi connectivity index (χ3n) is 6.66. The molecule has 1 aliphatic rings. The SMILES string of the molecule is CC(=O)N1CCN(S(=O)(=O)c2ccc(OC(F)(F)F)c(CCC(=O)O)c2)C(C(=O)NCc2ccc(C(C)C)cc2)C1. The summed E-state index contributed by atoms with van der Waals surface area (Å²) in [6, 6.07) is 8.85. The van der Waals surface area contributed by atoms with Crippen LogP contribution in [-0.2, 0) is 37.4 Å². The average Bonchev–Trinajstić information content (AvgIpc) is 2.89. The summed E-state index contributed by atoms with van der Waals surface area (Å²) >= 11 is 0. The second-order valence-corrected chi connectivity index (χ2v) is 11.8. The molecule has 2 N–H and O–H groups in total. The number of alkyl halides is 3. The molecule has 1 fully saturated rings. The summed E-state index contributed by atoms with van der Waals surface area (Å²) in [5.74, 6) is -2.72. The summed E-state index contributed by atoms with van der Waals surface area (Å²) in [7, 11) is -4.47. The Morgan fingerprint density at radius 3 is 2.32 bits per heavy atom. The first-order valence-electron chi connectivity index (χ1n) is 12.8. The molecule has 2 aromatic carbocycles. The molecule has 0 radical (unpaired) electrons. The van der Waals surface area contributed by atoms with Crippen LogP contribution < -0.4 is 10.1 Å². The van der Waals surface area contributed by atoms with E-state index in [4.69, 9.17) is 5.11 Å². The number of hydrogen-bond acceptors (Lipinski definition) is 6. The molecule has 1 saturated heterocycles. The molecule has 0 spiro atoms. The summed E-state index contributed by atoms with van der Waals surface area (Å²) in [4.78, 5) is 37.3. The van der Waals surface area contributed by atoms with E-state index in [0.29, 0.717) is 5.92 Å². The van der Waals surface area contributed by atoms with Crippen LogP contribution in [0, 0.1) is 0 Å². The van der Waals surface area contributed by atoms with Gasteiger partial charge in [0, 0.05) is 39.5 Å². The molecule has 2 amide bonds. The standard InChI is InChI=1S/C27H32F3N3O7S/c1-17(2)20-6-4-19(5-7-20)15-31-26(37)23-16-32(18(3)34)12-13-33(23)41(38,39)22-9-10-24(40-27(28,29)30)21(14-22)8-11-25(35)36/h4-7,9-10,14,17,23H,8,11-13,15-16H2,1-3H3,(H,31,37)(H,35,36). The lowest BCUT2D eigenvalue weighted by atomic mass is 10.0. The molecule has 41 heavy (non-hydrogen) atoms. The van der Waals surface area contributed by atoms with Crippen LogP contribution in [0.2, 0.25) is 0 Å². The van der Waals surface area contributed by atoms with Gasteiger partial charge >= 0.3 is 12.3 Å². The average molecular weight is 600 g/mol. The van der Waals surface area contributed by atoms with Crippen molar-refractivity contribution in [3.8, 4) is 5.75 Å². The minimum Gasteiger partial charge on any atom is -0.481 e. The van der Waals surface area contributed by atoms with E-state index in [-0.39, 0.29) is 37.6 Å². The summed E-state index contributed by atoms with van der Waals surface area (Å²) in [6.07, 6.45) is -6.08. The Bertz CT molecular complexity index is 1380. The number of hydrogen-bond donors (Lipinski definition) is 2. The van der Waals surface area contributed by atoms with E-state index >= 15 is 0 Å². The predicted molar refractivity (Wildman–Crippen MR) is 141 cm³/mol. The molecule has 0 aliphatic carbocycles. The first-order valence-corrected chi connectivity index (χ1v) is 14.3. The van der Waals surface area contributed by atoms with Gasteiger partial charge in [0.15, 0.2) is 0 Å². The molecule has 0 aromatic heterocycles. The van der Waals surface area contributed by atoms with Crippen LogP contribution in [0.1, 0.15) is 49.8 Å². The van der Waals surface area contributed by atoms with E-state index < -0.39 is 57.8 Å². The highest BCUT2D eigenvalue weighted by Crippen LogP contribution is 2.31. The van der Waals surface area contributed by atoms with E-state index in [1.54, 1.807) is 0 Å². The monoisotopic (exact) mass is 599 g/mol. The highest BCUT2D eigenvalue weighted by Gasteiger charge is 2.41. The smallest absolute Gasteiger partial charge is 0.481 e. The highest BCUT2D eigenvalue weighted by molar-refractivity contribution is 7.89. The normalized spacial score (nSPS) is 16.5. The number of benzene rings is 2. The lowest BCUT2D eigenvalue weighted by Crippen LogP contribution is -2.61. The molecule has 1 aliphatic heterocycles. The van der Waals surface area contributed by atoms with Gasteiger partial charge in [0.1, 0.15) is 11.8 Å². The van der Waals surface area contributed by atoms with E-state index in [2.05, 4.69) is 10.1 Å². The van der Waals surface area contributed by atoms with Crippen LogP contribution in [0.5, 0.6) is 5.75 Å². The van der Waals surface area contributed by atoms with Crippen LogP contribution in [0.15, 0.2) is 47.4 Å². The molecule has 3 rings (SSSR count). The van der Waals surface area contributed by atoms with Gasteiger partial charge in [-0.25, -0.2) is 8.42 Å². The van der Waals surface area contributed by atoms with Crippen molar-refractivity contribution in [3.63, 3.8) is 0 Å². The largest absolute Gasteiger partial charge is 0.573 e. The van der Waals surface area contributed by atoms with Crippen LogP contribution >= 0.6 is 0 Å². The van der Waals surface area contributed by atoms with Gasteiger partial charge in [0.05, 0.1) is 4.90 Å². The Labute approximate surface area is 236 Å². The van der Waals surface area contributed by atoms with Crippen molar-refractivity contribution in [2.24, 2.45) is 0 Å². The Morgan fingerprint density at radius 1 is 1.10 bits per heavy atom. The topological polar surface area (TPSA) is 133 Å². The van der Waals surface area contributed by atoms with Gasteiger partial charge in [0.2, 0.25) is 21.8 Å². The zero-order valence-corrected chi connectivity index (χ0v) is 23.6. The molecule has 14 heteroatoms. The molecule has 0 bridgehead atoms. The molecule has 224 valence electrons. The van der Waals surface area contributed by atoms with Gasteiger partial charge in [0.25, 0.3) is 0 Å². The van der Waals surface area contributed by atoms with Gasteiger partial charge in [-0.3, -0.25) is 14.4 Å². The predicted octanol–water partition coefficient (Wildman–Crippen LogP) is 3.26. The van der Waals surface area contributed by atoms with Crippen molar-refractivity contribution in [1.29, 1.82) is 0 Å². The Balaban J connectivity index is 1.90. The maximum absolute atomic E-state index is 13.7. The van der Waals surface area contributed by atoms with Crippen molar-refractivity contribution in [2.75, 3.05) is 19.6 Å². The minimum absolute atomic E-state index is 0.00382. The maximum Gasteiger partial charge on any atom is 0.573 e. The first-order chi connectivity index (χ1) is 19.1. The number of amides is 2. The summed E-state index contributed by atoms with van der Waals surface area (Å²) < 4.78 is 71.0. The third kappa shape index (κ3) is 8.43. The fraction of sp³-hybridized carbons (Fsp3) is 0.444. The van der Waals surface area contributed by atoms with Gasteiger partial charge < -0.3 is 20.1 Å².